The molecular formula is C17H26ClN3O2. The molecule has 0 aromatic heterocycles. The van der Waals surface area contributed by atoms with Crippen molar-refractivity contribution in [3.63, 3.8) is 0 Å². The molecule has 128 valence electrons. The van der Waals surface area contributed by atoms with Crippen LogP contribution in [0.25, 0.3) is 0 Å². The minimum Gasteiger partial charge on any atom is -0.339 e. The number of aryl methyl sites for hydroxylation is 1. The first-order valence-corrected chi connectivity index (χ1v) is 7.83. The van der Waals surface area contributed by atoms with Gasteiger partial charge in [-0.25, -0.2) is 0 Å². The molecular weight excluding hydrogens is 314 g/mol. The number of nitrogens with zero attached hydrogens (tertiary/aromatic N) is 2. The average Bonchev–Trinajstić information content (AvgIpc) is 2.49. The monoisotopic (exact) mass is 339 g/mol. The van der Waals surface area contributed by atoms with Crippen molar-refractivity contribution in [2.45, 2.75) is 32.7 Å². The Morgan fingerprint density at radius 2 is 1.61 bits per heavy atom. The number of piperazine rings is 1. The van der Waals surface area contributed by atoms with Gasteiger partial charge in [0.25, 0.3) is 0 Å². The van der Waals surface area contributed by atoms with E-state index in [-0.39, 0.29) is 30.3 Å². The normalized spacial score (nSPS) is 15.8. The van der Waals surface area contributed by atoms with Crippen LogP contribution < -0.4 is 5.73 Å². The molecule has 6 heteroatoms. The van der Waals surface area contributed by atoms with Gasteiger partial charge in [0, 0.05) is 38.6 Å². The van der Waals surface area contributed by atoms with Crippen molar-refractivity contribution in [2.75, 3.05) is 26.2 Å². The molecule has 0 aliphatic carbocycles. The number of carbonyl (C=O) groups is 2. The summed E-state index contributed by atoms with van der Waals surface area (Å²) < 4.78 is 0. The Balaban J connectivity index is 0.00000264. The Morgan fingerprint density at radius 1 is 1.09 bits per heavy atom. The molecule has 1 unspecified atom stereocenters. The standard InChI is InChI=1S/C17H25N3O2.ClH/c1-13-5-3-4-6-15(13)12-17(22)20-9-7-19(8-10-20)16(21)11-14(2)18;/h3-6,14H,7-12,18H2,1-2H3;1H. The lowest BCUT2D eigenvalue weighted by molar-refractivity contribution is -0.139. The van der Waals surface area contributed by atoms with Crippen LogP contribution in [0.1, 0.15) is 24.5 Å². The average molecular weight is 340 g/mol. The molecule has 23 heavy (non-hydrogen) atoms. The van der Waals surface area contributed by atoms with Gasteiger partial charge in [0.05, 0.1) is 6.42 Å². The SMILES string of the molecule is Cc1ccccc1CC(=O)N1CCN(C(=O)CC(C)N)CC1.Cl. The summed E-state index contributed by atoms with van der Waals surface area (Å²) in [7, 11) is 0. The molecule has 5 nitrogen and oxygen atoms in total. The summed E-state index contributed by atoms with van der Waals surface area (Å²) in [5.41, 5.74) is 7.88. The number of carbonyl (C=O) groups excluding carboxylic acids is 2. The van der Waals surface area contributed by atoms with Crippen molar-refractivity contribution in [3.05, 3.63) is 35.4 Å². The molecule has 1 atom stereocenters. The maximum atomic E-state index is 12.4. The lowest BCUT2D eigenvalue weighted by Gasteiger charge is -2.35. The number of rotatable bonds is 4. The molecule has 1 aliphatic heterocycles. The van der Waals surface area contributed by atoms with E-state index < -0.39 is 0 Å². The van der Waals surface area contributed by atoms with Crippen molar-refractivity contribution in [1.29, 1.82) is 0 Å². The van der Waals surface area contributed by atoms with Crippen LogP contribution in [-0.2, 0) is 16.0 Å². The summed E-state index contributed by atoms with van der Waals surface area (Å²) in [6.45, 7) is 6.27. The van der Waals surface area contributed by atoms with Gasteiger partial charge in [-0.3, -0.25) is 9.59 Å². The zero-order chi connectivity index (χ0) is 16.1. The smallest absolute Gasteiger partial charge is 0.227 e. The topological polar surface area (TPSA) is 66.6 Å². The zero-order valence-electron chi connectivity index (χ0n) is 13.8. The molecule has 2 amide bonds. The fourth-order valence-corrected chi connectivity index (χ4v) is 2.69. The van der Waals surface area contributed by atoms with Gasteiger partial charge in [-0.2, -0.15) is 0 Å². The largest absolute Gasteiger partial charge is 0.339 e. The summed E-state index contributed by atoms with van der Waals surface area (Å²) in [4.78, 5) is 28.0. The first kappa shape index (κ1) is 19.5. The second kappa shape index (κ2) is 8.89. The molecule has 1 aliphatic rings. The maximum absolute atomic E-state index is 12.4. The summed E-state index contributed by atoms with van der Waals surface area (Å²) >= 11 is 0. The molecule has 0 spiro atoms. The molecule has 1 fully saturated rings. The first-order valence-electron chi connectivity index (χ1n) is 7.83. The Hall–Kier alpha value is -1.59. The predicted octanol–water partition coefficient (Wildman–Crippen LogP) is 1.37. The summed E-state index contributed by atoms with van der Waals surface area (Å²) in [6.07, 6.45) is 0.803. The van der Waals surface area contributed by atoms with Crippen molar-refractivity contribution < 1.29 is 9.59 Å². The summed E-state index contributed by atoms with van der Waals surface area (Å²) in [5.74, 6) is 0.217. The van der Waals surface area contributed by atoms with E-state index in [1.807, 2.05) is 43.0 Å². The molecule has 1 aromatic rings. The molecule has 1 aromatic carbocycles. The van der Waals surface area contributed by atoms with E-state index in [1.54, 1.807) is 4.90 Å². The summed E-state index contributed by atoms with van der Waals surface area (Å²) in [5, 5.41) is 0. The van der Waals surface area contributed by atoms with Crippen LogP contribution in [0.3, 0.4) is 0 Å². The Kier molecular flexibility index (Phi) is 7.52. The van der Waals surface area contributed by atoms with Crippen LogP contribution in [0.2, 0.25) is 0 Å². The molecule has 2 rings (SSSR count). The lowest BCUT2D eigenvalue weighted by atomic mass is 10.1. The van der Waals surface area contributed by atoms with E-state index >= 15 is 0 Å². The minimum absolute atomic E-state index is 0. The highest BCUT2D eigenvalue weighted by atomic mass is 35.5. The van der Waals surface area contributed by atoms with Crippen LogP contribution in [0.15, 0.2) is 24.3 Å². The van der Waals surface area contributed by atoms with Crippen molar-refractivity contribution in [3.8, 4) is 0 Å². The van der Waals surface area contributed by atoms with E-state index in [1.165, 1.54) is 0 Å². The number of hydrogen-bond donors (Lipinski definition) is 1. The quantitative estimate of drug-likeness (QED) is 0.901. The van der Waals surface area contributed by atoms with E-state index in [9.17, 15) is 9.59 Å². The van der Waals surface area contributed by atoms with E-state index in [0.717, 1.165) is 11.1 Å². The third-order valence-corrected chi connectivity index (χ3v) is 4.08. The fraction of sp³-hybridized carbons (Fsp3) is 0.529. The highest BCUT2D eigenvalue weighted by Gasteiger charge is 2.24. The number of hydrogen-bond acceptors (Lipinski definition) is 3. The first-order chi connectivity index (χ1) is 10.5. The fourth-order valence-electron chi connectivity index (χ4n) is 2.69. The molecule has 0 saturated carbocycles. The molecule has 2 N–H and O–H groups in total. The van der Waals surface area contributed by atoms with Gasteiger partial charge in [0.2, 0.25) is 11.8 Å². The van der Waals surface area contributed by atoms with Gasteiger partial charge in [-0.1, -0.05) is 24.3 Å². The van der Waals surface area contributed by atoms with E-state index in [2.05, 4.69) is 0 Å². The summed E-state index contributed by atoms with van der Waals surface area (Å²) in [6, 6.07) is 7.84. The second-order valence-electron chi connectivity index (χ2n) is 6.05. The maximum Gasteiger partial charge on any atom is 0.227 e. The van der Waals surface area contributed by atoms with E-state index in [4.69, 9.17) is 5.73 Å². The third-order valence-electron chi connectivity index (χ3n) is 4.08. The number of benzene rings is 1. The highest BCUT2D eigenvalue weighted by molar-refractivity contribution is 5.85. The second-order valence-corrected chi connectivity index (χ2v) is 6.05. The molecule has 0 radical (unpaired) electrons. The van der Waals surface area contributed by atoms with E-state index in [0.29, 0.717) is 39.0 Å². The highest BCUT2D eigenvalue weighted by Crippen LogP contribution is 2.11. The number of amides is 2. The lowest BCUT2D eigenvalue weighted by Crippen LogP contribution is -2.51. The Morgan fingerprint density at radius 3 is 2.13 bits per heavy atom. The third kappa shape index (κ3) is 5.52. The molecule has 1 saturated heterocycles. The van der Waals surface area contributed by atoms with Gasteiger partial charge in [0.1, 0.15) is 0 Å². The van der Waals surface area contributed by atoms with Crippen LogP contribution in [0, 0.1) is 6.92 Å². The zero-order valence-corrected chi connectivity index (χ0v) is 14.6. The Labute approximate surface area is 144 Å². The van der Waals surface area contributed by atoms with Crippen LogP contribution in [0.5, 0.6) is 0 Å². The predicted molar refractivity (Wildman–Crippen MR) is 93.6 cm³/mol. The molecule has 0 bridgehead atoms. The van der Waals surface area contributed by atoms with Crippen LogP contribution >= 0.6 is 12.4 Å². The minimum atomic E-state index is -0.117. The van der Waals surface area contributed by atoms with Crippen molar-refractivity contribution in [2.24, 2.45) is 5.73 Å². The van der Waals surface area contributed by atoms with Gasteiger partial charge in [0.15, 0.2) is 0 Å². The van der Waals surface area contributed by atoms with Gasteiger partial charge in [-0.15, -0.1) is 12.4 Å². The van der Waals surface area contributed by atoms with Crippen molar-refractivity contribution in [1.82, 2.24) is 9.80 Å². The molecule has 1 heterocycles. The van der Waals surface area contributed by atoms with Crippen LogP contribution in [-0.4, -0.2) is 53.8 Å². The van der Waals surface area contributed by atoms with Gasteiger partial charge >= 0.3 is 0 Å². The number of nitrogens with two attached hydrogens (primary N) is 1. The van der Waals surface area contributed by atoms with Gasteiger partial charge < -0.3 is 15.5 Å². The van der Waals surface area contributed by atoms with Crippen LogP contribution in [0.4, 0.5) is 0 Å². The number of halogens is 1. The van der Waals surface area contributed by atoms with Gasteiger partial charge in [-0.05, 0) is 25.0 Å². The van der Waals surface area contributed by atoms with Crippen molar-refractivity contribution >= 4 is 24.2 Å². The Bertz CT molecular complexity index is 540.